The van der Waals surface area contributed by atoms with Crippen LogP contribution in [0.1, 0.15) is 52.1 Å². The predicted octanol–water partition coefficient (Wildman–Crippen LogP) is 0.256. The summed E-state index contributed by atoms with van der Waals surface area (Å²) >= 11 is -0.0881. The van der Waals surface area contributed by atoms with Crippen LogP contribution >= 0.6 is 0 Å². The number of halogens is 1. The number of amides is 1. The van der Waals surface area contributed by atoms with Crippen molar-refractivity contribution in [3.05, 3.63) is 70.2 Å². The number of alkyl halides is 1. The molecule has 41 heavy (non-hydrogen) atoms. The van der Waals surface area contributed by atoms with E-state index < -0.39 is 11.3 Å². The van der Waals surface area contributed by atoms with E-state index in [1.807, 2.05) is 31.3 Å². The molecular formula is C30H40IN8O2-. The summed E-state index contributed by atoms with van der Waals surface area (Å²) < 4.78 is 2.16. The Morgan fingerprint density at radius 2 is 2.00 bits per heavy atom. The van der Waals surface area contributed by atoms with Crippen molar-refractivity contribution < 1.29 is 31.1 Å². The van der Waals surface area contributed by atoms with Crippen LogP contribution in [0.5, 0.6) is 0 Å². The summed E-state index contributed by atoms with van der Waals surface area (Å²) in [5.74, 6) is 1.47. The Morgan fingerprint density at radius 1 is 1.24 bits per heavy atom. The van der Waals surface area contributed by atoms with E-state index in [0.29, 0.717) is 28.9 Å². The molecule has 2 fully saturated rings. The quantitative estimate of drug-likeness (QED) is 0.209. The van der Waals surface area contributed by atoms with Gasteiger partial charge >= 0.3 is 216 Å². The number of nitrogens with zero attached hydrogens (tertiary/aromatic N) is 6. The van der Waals surface area contributed by atoms with E-state index in [-0.39, 0.29) is 33.7 Å². The summed E-state index contributed by atoms with van der Waals surface area (Å²) in [7, 11) is 4.37. The Labute approximate surface area is 252 Å². The molecule has 1 atom stereocenters. The van der Waals surface area contributed by atoms with Crippen molar-refractivity contribution in [1.29, 1.82) is 0 Å². The molecule has 0 spiro atoms. The van der Waals surface area contributed by atoms with Gasteiger partial charge in [-0.15, -0.1) is 6.58 Å². The van der Waals surface area contributed by atoms with E-state index in [4.69, 9.17) is 9.98 Å². The zero-order valence-corrected chi connectivity index (χ0v) is 26.6. The fraction of sp³-hybridized carbons (Fsp3) is 0.467. The Bertz CT molecular complexity index is 1350. The maximum atomic E-state index is 13.5. The minimum absolute atomic E-state index is 0.0881. The minimum atomic E-state index is -1.14. The number of anilines is 2. The van der Waals surface area contributed by atoms with Gasteiger partial charge in [-0.2, -0.15) is 0 Å². The molecule has 0 bridgehead atoms. The normalized spacial score (nSPS) is 24.6. The standard InChI is InChI=1S/C30H40IN8O2/c1-7-17-38-27(40)23-19-33-28(36-30(23,4)39(38)26-10-8-9-24(34-26)29(2,3)41)35-25-16-13-21(18-32-25)31-20-11-14-22(15-12-20)37(5)6/h7-10,13,16,18-20,22,41H,1,11-12,14-15,17H2,2-6H3,(H2,32,33,35,36)/q-1. The first-order valence-corrected chi connectivity index (χ1v) is 16.3. The van der Waals surface area contributed by atoms with Gasteiger partial charge in [0.25, 0.3) is 0 Å². The molecule has 220 valence electrons. The number of rotatable bonds is 8. The third-order valence-corrected chi connectivity index (χ3v) is 11.3. The van der Waals surface area contributed by atoms with Crippen LogP contribution in [0.25, 0.3) is 0 Å². The summed E-state index contributed by atoms with van der Waals surface area (Å²) in [5.41, 5.74) is -1.23. The molecule has 1 unspecified atom stereocenters. The third kappa shape index (κ3) is 6.12. The summed E-state index contributed by atoms with van der Waals surface area (Å²) in [6.45, 7) is 9.36. The zero-order valence-electron chi connectivity index (χ0n) is 24.4. The van der Waals surface area contributed by atoms with Crippen molar-refractivity contribution in [1.82, 2.24) is 25.2 Å². The van der Waals surface area contributed by atoms with Crippen LogP contribution in [-0.4, -0.2) is 73.1 Å². The molecular weight excluding hydrogens is 631 g/mol. The number of fused-ring (bicyclic) bond motifs is 1. The number of carbonyl (C=O) groups excluding carboxylic acids is 1. The molecule has 10 nitrogen and oxygen atoms in total. The van der Waals surface area contributed by atoms with Crippen molar-refractivity contribution >= 4 is 23.5 Å². The van der Waals surface area contributed by atoms with Crippen LogP contribution < -0.4 is 36.8 Å². The van der Waals surface area contributed by atoms with Crippen LogP contribution in [0.2, 0.25) is 0 Å². The van der Waals surface area contributed by atoms with Crippen molar-refractivity contribution in [2.24, 2.45) is 4.99 Å². The zero-order chi connectivity index (χ0) is 29.4. The van der Waals surface area contributed by atoms with Crippen LogP contribution in [-0.2, 0) is 10.4 Å². The van der Waals surface area contributed by atoms with E-state index >= 15 is 0 Å². The average molecular weight is 672 g/mol. The summed E-state index contributed by atoms with van der Waals surface area (Å²) in [6, 6.07) is 10.3. The molecule has 11 heteroatoms. The first kappa shape index (κ1) is 29.5. The number of aromatic nitrogens is 2. The topological polar surface area (TPSA) is 109 Å². The monoisotopic (exact) mass is 671 g/mol. The van der Waals surface area contributed by atoms with Gasteiger partial charge in [-0.05, 0) is 19.9 Å². The van der Waals surface area contributed by atoms with Gasteiger partial charge in [-0.3, -0.25) is 0 Å². The van der Waals surface area contributed by atoms with E-state index in [0.717, 1.165) is 9.97 Å². The predicted molar refractivity (Wildman–Crippen MR) is 157 cm³/mol. The number of aliphatic imine (C=N–C) groups is 1. The summed E-state index contributed by atoms with van der Waals surface area (Å²) in [4.78, 5) is 30.2. The number of guanidine groups is 1. The SMILES string of the molecule is C=CCN1C(=O)C2=CNC(Nc3ccc([I-]C4CCC(N(C)C)CC4)cn3)=NC2(C)N1c1cccc(C(C)(C)O)n1. The molecule has 5 rings (SSSR count). The number of hydrogen-bond acceptors (Lipinski definition) is 9. The molecule has 3 N–H and O–H groups in total. The Morgan fingerprint density at radius 3 is 2.63 bits per heavy atom. The first-order chi connectivity index (χ1) is 19.5. The van der Waals surface area contributed by atoms with Gasteiger partial charge < -0.3 is 5.11 Å². The second-order valence-corrected chi connectivity index (χ2v) is 15.2. The maximum absolute atomic E-state index is 13.5. The van der Waals surface area contributed by atoms with Gasteiger partial charge in [0.05, 0.1) is 0 Å². The van der Waals surface area contributed by atoms with Gasteiger partial charge in [-0.25, -0.2) is 0 Å². The number of hydrazine groups is 1. The van der Waals surface area contributed by atoms with Crippen molar-refractivity contribution in [2.75, 3.05) is 31.0 Å². The second-order valence-electron chi connectivity index (χ2n) is 11.6. The Balaban J connectivity index is 1.34. The first-order valence-electron chi connectivity index (χ1n) is 14.0. The molecule has 2 aromatic heterocycles. The number of carbonyl (C=O) groups is 1. The Hall–Kier alpha value is -3.03. The van der Waals surface area contributed by atoms with Gasteiger partial charge in [0.15, 0.2) is 0 Å². The van der Waals surface area contributed by atoms with E-state index in [1.54, 1.807) is 42.2 Å². The van der Waals surface area contributed by atoms with Crippen LogP contribution in [0, 0.1) is 3.57 Å². The number of aliphatic hydroxyl groups is 1. The molecule has 2 aromatic rings. The van der Waals surface area contributed by atoms with Gasteiger partial charge in [0, 0.05) is 0 Å². The van der Waals surface area contributed by atoms with E-state index in [9.17, 15) is 9.90 Å². The molecule has 1 amide bonds. The Kier molecular flexibility index (Phi) is 8.40. The number of hydrogen-bond donors (Lipinski definition) is 3. The second kappa shape index (κ2) is 11.7. The van der Waals surface area contributed by atoms with Crippen molar-refractivity contribution in [2.45, 2.75) is 67.7 Å². The van der Waals surface area contributed by atoms with Crippen molar-refractivity contribution in [3.8, 4) is 0 Å². The van der Waals surface area contributed by atoms with E-state index in [2.05, 4.69) is 47.3 Å². The summed E-state index contributed by atoms with van der Waals surface area (Å²) in [5, 5.41) is 20.4. The van der Waals surface area contributed by atoms with Gasteiger partial charge in [0.2, 0.25) is 0 Å². The fourth-order valence-corrected chi connectivity index (χ4v) is 8.58. The molecule has 2 aliphatic heterocycles. The van der Waals surface area contributed by atoms with Crippen LogP contribution in [0.15, 0.2) is 65.9 Å². The number of pyridine rings is 2. The molecule has 1 saturated carbocycles. The summed E-state index contributed by atoms with van der Waals surface area (Å²) in [6.07, 6.45) is 10.5. The third-order valence-electron chi connectivity index (χ3n) is 7.80. The molecule has 4 heterocycles. The average Bonchev–Trinajstić information content (AvgIpc) is 3.15. The van der Waals surface area contributed by atoms with Crippen LogP contribution in [0.3, 0.4) is 0 Å². The molecule has 1 saturated heterocycles. The van der Waals surface area contributed by atoms with Gasteiger partial charge in [0.1, 0.15) is 5.60 Å². The fourth-order valence-electron chi connectivity index (χ4n) is 5.53. The molecule has 3 aliphatic rings. The number of nitrogens with one attached hydrogen (secondary N) is 2. The molecule has 1 aliphatic carbocycles. The van der Waals surface area contributed by atoms with Crippen LogP contribution in [0.4, 0.5) is 11.6 Å². The molecule has 0 radical (unpaired) electrons. The molecule has 0 aromatic carbocycles. The van der Waals surface area contributed by atoms with E-state index in [1.165, 1.54) is 29.3 Å². The van der Waals surface area contributed by atoms with Crippen molar-refractivity contribution in [3.63, 3.8) is 0 Å². The van der Waals surface area contributed by atoms with Gasteiger partial charge in [-0.1, -0.05) is 0 Å².